The second kappa shape index (κ2) is 6.59. The van der Waals surface area contributed by atoms with E-state index < -0.39 is 23.6 Å². The summed E-state index contributed by atoms with van der Waals surface area (Å²) in [5, 5.41) is 0.558. The minimum absolute atomic E-state index is 0.175. The molecule has 1 saturated carbocycles. The van der Waals surface area contributed by atoms with E-state index in [1.54, 1.807) is 24.3 Å². The van der Waals surface area contributed by atoms with Gasteiger partial charge in [0.15, 0.2) is 0 Å². The number of aryl methyl sites for hydroxylation is 1. The Bertz CT molecular complexity index is 807. The van der Waals surface area contributed by atoms with Crippen molar-refractivity contribution in [2.45, 2.75) is 25.4 Å². The molecule has 25 heavy (non-hydrogen) atoms. The van der Waals surface area contributed by atoms with Gasteiger partial charge in [-0.05, 0) is 48.6 Å². The number of hydrogen-bond acceptors (Lipinski definition) is 2. The third-order valence-corrected chi connectivity index (χ3v) is 4.70. The maximum Gasteiger partial charge on any atom is 0.416 e. The van der Waals surface area contributed by atoms with Crippen LogP contribution in [0.25, 0.3) is 0 Å². The number of rotatable bonds is 4. The molecule has 2 aromatic carbocycles. The first-order chi connectivity index (χ1) is 11.8. The number of hydrazine groups is 1. The molecular weight excluding hydrogens is 353 g/mol. The van der Waals surface area contributed by atoms with Crippen LogP contribution in [-0.2, 0) is 11.0 Å². The molecule has 0 saturated heterocycles. The van der Waals surface area contributed by atoms with Crippen molar-refractivity contribution in [3.05, 3.63) is 64.2 Å². The van der Waals surface area contributed by atoms with Gasteiger partial charge in [0.25, 0.3) is 0 Å². The van der Waals surface area contributed by atoms with Crippen LogP contribution in [0.1, 0.15) is 29.0 Å². The predicted molar refractivity (Wildman–Crippen MR) is 90.2 cm³/mol. The lowest BCUT2D eigenvalue weighted by atomic mass is 10.0. The Morgan fingerprint density at radius 2 is 1.92 bits per heavy atom. The number of halogens is 4. The van der Waals surface area contributed by atoms with Gasteiger partial charge in [0.1, 0.15) is 0 Å². The van der Waals surface area contributed by atoms with Crippen molar-refractivity contribution in [2.75, 3.05) is 5.43 Å². The monoisotopic (exact) mass is 368 g/mol. The van der Waals surface area contributed by atoms with E-state index in [0.717, 1.165) is 11.6 Å². The van der Waals surface area contributed by atoms with Gasteiger partial charge in [-0.3, -0.25) is 15.6 Å². The Morgan fingerprint density at radius 3 is 2.60 bits per heavy atom. The Kier molecular flexibility index (Phi) is 4.64. The first-order valence-corrected chi connectivity index (χ1v) is 8.13. The van der Waals surface area contributed by atoms with Crippen molar-refractivity contribution in [2.24, 2.45) is 5.92 Å². The summed E-state index contributed by atoms with van der Waals surface area (Å²) in [5.74, 6) is -1.23. The summed E-state index contributed by atoms with van der Waals surface area (Å²) in [7, 11) is 0. The van der Waals surface area contributed by atoms with Gasteiger partial charge in [-0.15, -0.1) is 0 Å². The van der Waals surface area contributed by atoms with Gasteiger partial charge in [-0.1, -0.05) is 35.9 Å². The van der Waals surface area contributed by atoms with Crippen LogP contribution in [0.15, 0.2) is 42.5 Å². The van der Waals surface area contributed by atoms with E-state index in [-0.39, 0.29) is 11.5 Å². The highest BCUT2D eigenvalue weighted by atomic mass is 35.5. The lowest BCUT2D eigenvalue weighted by Crippen LogP contribution is -2.31. The zero-order chi connectivity index (χ0) is 18.2. The topological polar surface area (TPSA) is 41.1 Å². The average molecular weight is 369 g/mol. The number of hydrogen-bond donors (Lipinski definition) is 2. The summed E-state index contributed by atoms with van der Waals surface area (Å²) < 4.78 is 39.2. The maximum atomic E-state index is 13.1. The number of carbonyl (C=O) groups is 1. The zero-order valence-electron chi connectivity index (χ0n) is 13.3. The van der Waals surface area contributed by atoms with E-state index in [9.17, 15) is 18.0 Å². The largest absolute Gasteiger partial charge is 0.416 e. The molecule has 132 valence electrons. The number of anilines is 1. The van der Waals surface area contributed by atoms with Gasteiger partial charge in [0.2, 0.25) is 5.91 Å². The molecule has 7 heteroatoms. The number of amides is 1. The molecule has 0 heterocycles. The van der Waals surface area contributed by atoms with E-state index in [1.807, 2.05) is 6.92 Å². The van der Waals surface area contributed by atoms with Gasteiger partial charge < -0.3 is 0 Å². The summed E-state index contributed by atoms with van der Waals surface area (Å²) in [6.07, 6.45) is -4.02. The molecule has 0 aromatic heterocycles. The molecule has 1 amide bonds. The van der Waals surface area contributed by atoms with Crippen LogP contribution in [-0.4, -0.2) is 5.91 Å². The second-order valence-electron chi connectivity index (χ2n) is 6.11. The molecule has 0 bridgehead atoms. The molecule has 2 N–H and O–H groups in total. The lowest BCUT2D eigenvalue weighted by Gasteiger charge is -2.13. The van der Waals surface area contributed by atoms with Gasteiger partial charge in [-0.25, -0.2) is 0 Å². The molecule has 3 rings (SSSR count). The number of alkyl halides is 3. The normalized spacial score (nSPS) is 19.4. The summed E-state index contributed by atoms with van der Waals surface area (Å²) in [6.45, 7) is 1.86. The SMILES string of the molecule is Cc1ccc(NNC(=O)C2CC2c2ccccc2C(F)(F)F)cc1Cl. The summed E-state index contributed by atoms with van der Waals surface area (Å²) in [4.78, 5) is 12.2. The maximum absolute atomic E-state index is 13.1. The second-order valence-corrected chi connectivity index (χ2v) is 6.52. The van der Waals surface area contributed by atoms with Crippen LogP contribution in [0.2, 0.25) is 5.02 Å². The molecular formula is C18H16ClF3N2O. The minimum atomic E-state index is -4.42. The van der Waals surface area contributed by atoms with Crippen LogP contribution in [0, 0.1) is 12.8 Å². The third kappa shape index (κ3) is 3.90. The van der Waals surface area contributed by atoms with Crippen LogP contribution in [0.5, 0.6) is 0 Å². The lowest BCUT2D eigenvalue weighted by molar-refractivity contribution is -0.138. The number of benzene rings is 2. The predicted octanol–water partition coefficient (Wildman–Crippen LogP) is 4.91. The van der Waals surface area contributed by atoms with E-state index in [1.165, 1.54) is 12.1 Å². The number of nitrogens with one attached hydrogen (secondary N) is 2. The molecule has 1 aliphatic rings. The quantitative estimate of drug-likeness (QED) is 0.752. The molecule has 1 fully saturated rings. The first-order valence-electron chi connectivity index (χ1n) is 7.75. The molecule has 1 aliphatic carbocycles. The highest BCUT2D eigenvalue weighted by Gasteiger charge is 2.47. The summed E-state index contributed by atoms with van der Waals surface area (Å²) >= 11 is 6.01. The van der Waals surface area contributed by atoms with Crippen molar-refractivity contribution in [3.8, 4) is 0 Å². The minimum Gasteiger partial charge on any atom is -0.299 e. The van der Waals surface area contributed by atoms with E-state index in [0.29, 0.717) is 17.1 Å². The molecule has 0 radical (unpaired) electrons. The smallest absolute Gasteiger partial charge is 0.299 e. The Labute approximate surface area is 148 Å². The third-order valence-electron chi connectivity index (χ3n) is 4.29. The Hall–Kier alpha value is -2.21. The molecule has 2 atom stereocenters. The first kappa shape index (κ1) is 17.6. The van der Waals surface area contributed by atoms with Crippen molar-refractivity contribution in [1.29, 1.82) is 0 Å². The summed E-state index contributed by atoms with van der Waals surface area (Å²) in [5.41, 5.74) is 6.30. The van der Waals surface area contributed by atoms with Crippen molar-refractivity contribution >= 4 is 23.2 Å². The van der Waals surface area contributed by atoms with E-state index >= 15 is 0 Å². The van der Waals surface area contributed by atoms with Crippen LogP contribution < -0.4 is 10.9 Å². The number of carbonyl (C=O) groups excluding carboxylic acids is 1. The van der Waals surface area contributed by atoms with Gasteiger partial charge in [0.05, 0.1) is 11.3 Å². The molecule has 0 aliphatic heterocycles. The Balaban J connectivity index is 1.64. The highest BCUT2D eigenvalue weighted by Crippen LogP contribution is 2.51. The molecule has 2 unspecified atom stereocenters. The van der Waals surface area contributed by atoms with Crippen molar-refractivity contribution < 1.29 is 18.0 Å². The highest BCUT2D eigenvalue weighted by molar-refractivity contribution is 6.31. The Morgan fingerprint density at radius 1 is 1.20 bits per heavy atom. The van der Waals surface area contributed by atoms with Gasteiger partial charge in [0, 0.05) is 10.9 Å². The fourth-order valence-corrected chi connectivity index (χ4v) is 2.98. The average Bonchev–Trinajstić information content (AvgIpc) is 3.35. The molecule has 0 spiro atoms. The fraction of sp³-hybridized carbons (Fsp3) is 0.278. The van der Waals surface area contributed by atoms with Crippen LogP contribution >= 0.6 is 11.6 Å². The fourth-order valence-electron chi connectivity index (χ4n) is 2.80. The van der Waals surface area contributed by atoms with E-state index in [2.05, 4.69) is 10.9 Å². The van der Waals surface area contributed by atoms with Crippen molar-refractivity contribution in [3.63, 3.8) is 0 Å². The molecule has 2 aromatic rings. The van der Waals surface area contributed by atoms with E-state index in [4.69, 9.17) is 11.6 Å². The van der Waals surface area contributed by atoms with Crippen molar-refractivity contribution in [1.82, 2.24) is 5.43 Å². The van der Waals surface area contributed by atoms with Gasteiger partial charge in [-0.2, -0.15) is 13.2 Å². The standard InChI is InChI=1S/C18H16ClF3N2O/c1-10-6-7-11(8-16(10)19)23-24-17(25)14-9-13(14)12-4-2-3-5-15(12)18(20,21)22/h2-8,13-14,23H,9H2,1H3,(H,24,25). The summed E-state index contributed by atoms with van der Waals surface area (Å²) in [6, 6.07) is 10.6. The van der Waals surface area contributed by atoms with Crippen LogP contribution in [0.3, 0.4) is 0 Å². The van der Waals surface area contributed by atoms with Gasteiger partial charge >= 0.3 is 6.18 Å². The zero-order valence-corrected chi connectivity index (χ0v) is 14.1. The molecule has 3 nitrogen and oxygen atoms in total. The van der Waals surface area contributed by atoms with Crippen LogP contribution in [0.4, 0.5) is 18.9 Å².